The van der Waals surface area contributed by atoms with Crippen LogP contribution in [-0.4, -0.2) is 23.5 Å². The summed E-state index contributed by atoms with van der Waals surface area (Å²) in [6, 6.07) is 1.64. The first-order valence-electron chi connectivity index (χ1n) is 5.72. The van der Waals surface area contributed by atoms with Crippen LogP contribution in [0.25, 0.3) is 0 Å². The molecule has 0 aromatic heterocycles. The minimum absolute atomic E-state index is 0.0718. The molecule has 2 amide bonds. The third kappa shape index (κ3) is 2.01. The maximum atomic E-state index is 13.0. The summed E-state index contributed by atoms with van der Waals surface area (Å²) in [5, 5.41) is 9.72. The van der Waals surface area contributed by atoms with Crippen LogP contribution in [0.5, 0.6) is 0 Å². The lowest BCUT2D eigenvalue weighted by molar-refractivity contribution is -0.139. The molecule has 1 aromatic carbocycles. The van der Waals surface area contributed by atoms with Crippen LogP contribution < -0.4 is 10.6 Å². The molecule has 8 heteroatoms. The van der Waals surface area contributed by atoms with Gasteiger partial charge in [0.05, 0.1) is 11.3 Å². The van der Waals surface area contributed by atoms with E-state index in [0.29, 0.717) is 6.07 Å². The Kier molecular flexibility index (Phi) is 3.21. The first kappa shape index (κ1) is 14.3. The van der Waals surface area contributed by atoms with Gasteiger partial charge in [-0.1, -0.05) is 0 Å². The second-order valence-corrected chi connectivity index (χ2v) is 4.30. The third-order valence-electron chi connectivity index (χ3n) is 3.13. The van der Waals surface area contributed by atoms with Crippen molar-refractivity contribution < 1.29 is 27.9 Å². The van der Waals surface area contributed by atoms with Gasteiger partial charge in [0.25, 0.3) is 5.91 Å². The number of halogens is 3. The summed E-state index contributed by atoms with van der Waals surface area (Å²) in [6.45, 7) is 1.62. The molecule has 0 fully saturated rings. The van der Waals surface area contributed by atoms with Gasteiger partial charge in [-0.15, -0.1) is 0 Å². The zero-order valence-corrected chi connectivity index (χ0v) is 10.4. The van der Waals surface area contributed by atoms with Crippen molar-refractivity contribution in [1.29, 1.82) is 0 Å². The molecule has 0 bridgehead atoms. The fourth-order valence-corrected chi connectivity index (χ4v) is 2.24. The maximum Gasteiger partial charge on any atom is 0.416 e. The number of alkyl halides is 3. The Morgan fingerprint density at radius 1 is 1.45 bits per heavy atom. The van der Waals surface area contributed by atoms with E-state index in [1.54, 1.807) is 6.92 Å². The molecule has 108 valence electrons. The van der Waals surface area contributed by atoms with Gasteiger partial charge in [0, 0.05) is 17.7 Å². The van der Waals surface area contributed by atoms with Crippen LogP contribution in [0.15, 0.2) is 12.1 Å². The van der Waals surface area contributed by atoms with Crippen LogP contribution >= 0.6 is 0 Å². The van der Waals surface area contributed by atoms with Crippen molar-refractivity contribution in [3.63, 3.8) is 0 Å². The highest BCUT2D eigenvalue weighted by Gasteiger charge is 2.44. The van der Waals surface area contributed by atoms with Gasteiger partial charge in [-0.2, -0.15) is 13.2 Å². The predicted octanol–water partition coefficient (Wildman–Crippen LogP) is 1.20. The summed E-state index contributed by atoms with van der Waals surface area (Å²) < 4.78 is 39.1. The molecule has 1 aromatic rings. The summed E-state index contributed by atoms with van der Waals surface area (Å²) in [5.41, 5.74) is 2.75. The van der Waals surface area contributed by atoms with E-state index in [9.17, 15) is 27.9 Å². The quantitative estimate of drug-likeness (QED) is 0.857. The number of carbonyl (C=O) groups is 2. The number of benzene rings is 1. The van der Waals surface area contributed by atoms with Crippen molar-refractivity contribution in [2.45, 2.75) is 19.2 Å². The SMILES string of the molecule is CCN1C(=O)C(O)c2c1cc(C(N)=O)cc2C(F)(F)F. The average molecular weight is 288 g/mol. The monoisotopic (exact) mass is 288 g/mol. The van der Waals surface area contributed by atoms with E-state index in [0.717, 1.165) is 11.0 Å². The van der Waals surface area contributed by atoms with E-state index in [4.69, 9.17) is 5.73 Å². The lowest BCUT2D eigenvalue weighted by atomic mass is 9.99. The number of primary amides is 1. The molecule has 2 rings (SSSR count). The van der Waals surface area contributed by atoms with Crippen molar-refractivity contribution in [3.05, 3.63) is 28.8 Å². The Labute approximate surface area is 111 Å². The number of hydrogen-bond acceptors (Lipinski definition) is 3. The fraction of sp³-hybridized carbons (Fsp3) is 0.333. The van der Waals surface area contributed by atoms with Gasteiger partial charge in [-0.05, 0) is 19.1 Å². The van der Waals surface area contributed by atoms with E-state index in [1.165, 1.54) is 0 Å². The molecule has 1 aliphatic heterocycles. The minimum Gasteiger partial charge on any atom is -0.378 e. The number of hydrogen-bond donors (Lipinski definition) is 2. The van der Waals surface area contributed by atoms with Gasteiger partial charge in [0.1, 0.15) is 0 Å². The topological polar surface area (TPSA) is 83.6 Å². The van der Waals surface area contributed by atoms with Crippen LogP contribution in [0.2, 0.25) is 0 Å². The molecule has 0 aliphatic carbocycles. The zero-order chi connectivity index (χ0) is 15.2. The molecule has 1 atom stereocenters. The number of anilines is 1. The van der Waals surface area contributed by atoms with E-state index in [2.05, 4.69) is 0 Å². The number of nitrogens with two attached hydrogens (primary N) is 1. The predicted molar refractivity (Wildman–Crippen MR) is 62.9 cm³/mol. The molecule has 1 heterocycles. The average Bonchev–Trinajstić information content (AvgIpc) is 2.59. The van der Waals surface area contributed by atoms with Crippen molar-refractivity contribution >= 4 is 17.5 Å². The van der Waals surface area contributed by atoms with Gasteiger partial charge in [0.2, 0.25) is 5.91 Å². The smallest absolute Gasteiger partial charge is 0.378 e. The molecule has 1 unspecified atom stereocenters. The number of amides is 2. The number of carbonyl (C=O) groups excluding carboxylic acids is 2. The highest BCUT2D eigenvalue weighted by molar-refractivity contribution is 6.06. The first-order valence-corrected chi connectivity index (χ1v) is 5.72. The largest absolute Gasteiger partial charge is 0.416 e. The second-order valence-electron chi connectivity index (χ2n) is 4.30. The number of aliphatic hydroxyl groups excluding tert-OH is 1. The summed E-state index contributed by atoms with van der Waals surface area (Å²) in [4.78, 5) is 23.9. The van der Waals surface area contributed by atoms with Crippen LogP contribution in [0, 0.1) is 0 Å². The van der Waals surface area contributed by atoms with Crippen LogP contribution in [0.1, 0.15) is 34.5 Å². The molecule has 0 saturated heterocycles. The summed E-state index contributed by atoms with van der Waals surface area (Å²) >= 11 is 0. The fourth-order valence-electron chi connectivity index (χ4n) is 2.24. The molecule has 0 radical (unpaired) electrons. The highest BCUT2D eigenvalue weighted by atomic mass is 19.4. The summed E-state index contributed by atoms with van der Waals surface area (Å²) in [5.74, 6) is -1.89. The van der Waals surface area contributed by atoms with Gasteiger partial charge >= 0.3 is 6.18 Å². The van der Waals surface area contributed by atoms with Gasteiger partial charge in [-0.25, -0.2) is 0 Å². The van der Waals surface area contributed by atoms with Crippen LogP contribution in [-0.2, 0) is 11.0 Å². The van der Waals surface area contributed by atoms with Crippen LogP contribution in [0.4, 0.5) is 18.9 Å². The number of fused-ring (bicyclic) bond motifs is 1. The molecular weight excluding hydrogens is 277 g/mol. The molecule has 5 nitrogen and oxygen atoms in total. The van der Waals surface area contributed by atoms with Crippen molar-refractivity contribution in [1.82, 2.24) is 0 Å². The molecular formula is C12H11F3N2O3. The Morgan fingerprint density at radius 3 is 2.50 bits per heavy atom. The van der Waals surface area contributed by atoms with Gasteiger partial charge in [0.15, 0.2) is 6.10 Å². The summed E-state index contributed by atoms with van der Waals surface area (Å²) in [7, 11) is 0. The Hall–Kier alpha value is -2.09. The van der Waals surface area contributed by atoms with E-state index >= 15 is 0 Å². The number of aliphatic hydroxyl groups is 1. The Bertz CT molecular complexity index is 598. The Morgan fingerprint density at radius 2 is 2.05 bits per heavy atom. The van der Waals surface area contributed by atoms with Gasteiger partial charge in [-0.3, -0.25) is 9.59 Å². The van der Waals surface area contributed by atoms with Crippen molar-refractivity contribution in [3.8, 4) is 0 Å². The highest BCUT2D eigenvalue weighted by Crippen LogP contribution is 2.44. The normalized spacial score (nSPS) is 18.4. The zero-order valence-electron chi connectivity index (χ0n) is 10.4. The lowest BCUT2D eigenvalue weighted by Gasteiger charge is -2.17. The number of rotatable bonds is 2. The third-order valence-corrected chi connectivity index (χ3v) is 3.13. The molecule has 3 N–H and O–H groups in total. The maximum absolute atomic E-state index is 13.0. The molecule has 0 spiro atoms. The first-order chi connectivity index (χ1) is 9.18. The second kappa shape index (κ2) is 4.48. The number of likely N-dealkylation sites (N-methyl/N-ethyl adjacent to an activating group) is 1. The standard InChI is InChI=1S/C12H11F3N2O3/c1-2-17-7-4-5(10(16)19)3-6(12(13,14)15)8(7)9(18)11(17)20/h3-4,9,18H,2H2,1H3,(H2,16,19). The number of nitrogens with zero attached hydrogens (tertiary/aromatic N) is 1. The van der Waals surface area contributed by atoms with E-state index in [1.807, 2.05) is 0 Å². The van der Waals surface area contributed by atoms with Crippen molar-refractivity contribution in [2.24, 2.45) is 5.73 Å². The lowest BCUT2D eigenvalue weighted by Crippen LogP contribution is -2.28. The Balaban J connectivity index is 2.78. The minimum atomic E-state index is -4.81. The van der Waals surface area contributed by atoms with Crippen LogP contribution in [0.3, 0.4) is 0 Å². The molecule has 1 aliphatic rings. The van der Waals surface area contributed by atoms with Gasteiger partial charge < -0.3 is 15.7 Å². The molecule has 0 saturated carbocycles. The van der Waals surface area contributed by atoms with Crippen molar-refractivity contribution in [2.75, 3.05) is 11.4 Å². The molecule has 20 heavy (non-hydrogen) atoms. The summed E-state index contributed by atoms with van der Waals surface area (Å²) in [6.07, 6.45) is -6.69. The van der Waals surface area contributed by atoms with E-state index < -0.39 is 35.2 Å². The van der Waals surface area contributed by atoms with E-state index in [-0.39, 0.29) is 17.8 Å².